The fourth-order valence-corrected chi connectivity index (χ4v) is 3.44. The highest BCUT2D eigenvalue weighted by Gasteiger charge is 2.21. The van der Waals surface area contributed by atoms with Crippen LogP contribution in [0.25, 0.3) is 0 Å². The molecule has 138 valence electrons. The Bertz CT molecular complexity index is 728. The fourth-order valence-electron chi connectivity index (χ4n) is 2.89. The average Bonchev–Trinajstić information content (AvgIpc) is 3.15. The Kier molecular flexibility index (Phi) is 6.17. The normalized spacial score (nSPS) is 14.3. The van der Waals surface area contributed by atoms with E-state index in [1.54, 1.807) is 23.7 Å². The molecule has 1 fully saturated rings. The highest BCUT2D eigenvalue weighted by atomic mass is 32.1. The first kappa shape index (κ1) is 18.3. The topological polar surface area (TPSA) is 65.5 Å². The van der Waals surface area contributed by atoms with Crippen molar-refractivity contribution in [2.24, 2.45) is 0 Å². The predicted octanol–water partition coefficient (Wildman–Crippen LogP) is 2.74. The smallest absolute Gasteiger partial charge is 0.226 e. The molecule has 3 rings (SSSR count). The molecule has 26 heavy (non-hydrogen) atoms. The lowest BCUT2D eigenvalue weighted by Crippen LogP contribution is -2.48. The van der Waals surface area contributed by atoms with Gasteiger partial charge in [-0.3, -0.25) is 9.59 Å². The van der Waals surface area contributed by atoms with E-state index in [0.29, 0.717) is 37.5 Å². The third kappa shape index (κ3) is 5.01. The van der Waals surface area contributed by atoms with E-state index in [2.05, 4.69) is 15.2 Å². The fraction of sp³-hybridized carbons (Fsp3) is 0.389. The number of anilines is 2. The number of carbonyl (C=O) groups is 2. The number of aromatic nitrogens is 1. The van der Waals surface area contributed by atoms with E-state index in [4.69, 9.17) is 0 Å². The molecule has 1 aliphatic rings. The maximum absolute atomic E-state index is 13.0. The number of nitrogens with one attached hydrogen (secondary N) is 1. The number of carbonyl (C=O) groups excluding carboxylic acids is 2. The Morgan fingerprint density at radius 2 is 1.85 bits per heavy atom. The van der Waals surface area contributed by atoms with E-state index < -0.39 is 0 Å². The predicted molar refractivity (Wildman–Crippen MR) is 99.8 cm³/mol. The van der Waals surface area contributed by atoms with Gasteiger partial charge in [-0.15, -0.1) is 11.3 Å². The summed E-state index contributed by atoms with van der Waals surface area (Å²) in [5.74, 6) is -0.291. The van der Waals surface area contributed by atoms with Gasteiger partial charge in [-0.25, -0.2) is 9.37 Å². The van der Waals surface area contributed by atoms with Crippen LogP contribution >= 0.6 is 11.3 Å². The second-order valence-electron chi connectivity index (χ2n) is 6.08. The number of thiazole rings is 1. The van der Waals surface area contributed by atoms with Gasteiger partial charge in [-0.1, -0.05) is 0 Å². The molecule has 0 spiro atoms. The van der Waals surface area contributed by atoms with E-state index in [9.17, 15) is 14.0 Å². The lowest BCUT2D eigenvalue weighted by atomic mass is 10.2. The Morgan fingerprint density at radius 1 is 1.12 bits per heavy atom. The van der Waals surface area contributed by atoms with Crippen LogP contribution in [0.3, 0.4) is 0 Å². The zero-order valence-corrected chi connectivity index (χ0v) is 15.2. The van der Waals surface area contributed by atoms with Crippen LogP contribution < -0.4 is 10.2 Å². The lowest BCUT2D eigenvalue weighted by Gasteiger charge is -2.36. The van der Waals surface area contributed by atoms with Gasteiger partial charge in [0.15, 0.2) is 5.13 Å². The Labute approximate surface area is 155 Å². The standard InChI is InChI=1S/C18H21FN4O2S/c19-14-4-6-15(7-5-14)22-9-11-23(12-10-22)17(25)3-1-2-16(24)21-18-20-8-13-26-18/h4-8,13H,1-3,9-12H2,(H,20,21,24). The van der Waals surface area contributed by atoms with E-state index >= 15 is 0 Å². The average molecular weight is 376 g/mol. The zero-order chi connectivity index (χ0) is 18.4. The maximum Gasteiger partial charge on any atom is 0.226 e. The number of hydrogen-bond donors (Lipinski definition) is 1. The maximum atomic E-state index is 13.0. The number of nitrogens with zero attached hydrogens (tertiary/aromatic N) is 3. The number of amides is 2. The molecule has 1 aliphatic heterocycles. The molecule has 0 atom stereocenters. The number of piperazine rings is 1. The molecule has 1 aromatic carbocycles. The first-order chi connectivity index (χ1) is 12.6. The summed E-state index contributed by atoms with van der Waals surface area (Å²) in [7, 11) is 0. The summed E-state index contributed by atoms with van der Waals surface area (Å²) >= 11 is 1.37. The third-order valence-electron chi connectivity index (χ3n) is 4.30. The van der Waals surface area contributed by atoms with Crippen LogP contribution in [-0.4, -0.2) is 47.9 Å². The summed E-state index contributed by atoms with van der Waals surface area (Å²) in [6.07, 6.45) is 2.83. The van der Waals surface area contributed by atoms with Gasteiger partial charge < -0.3 is 15.1 Å². The summed E-state index contributed by atoms with van der Waals surface area (Å²) in [4.78, 5) is 32.1. The van der Waals surface area contributed by atoms with Crippen molar-refractivity contribution in [3.05, 3.63) is 41.7 Å². The number of rotatable bonds is 6. The molecule has 2 amide bonds. The van der Waals surface area contributed by atoms with Gasteiger partial charge in [0.05, 0.1) is 0 Å². The van der Waals surface area contributed by atoms with Gasteiger partial charge in [-0.2, -0.15) is 0 Å². The van der Waals surface area contributed by atoms with Gasteiger partial charge in [0.2, 0.25) is 11.8 Å². The monoisotopic (exact) mass is 376 g/mol. The lowest BCUT2D eigenvalue weighted by molar-refractivity contribution is -0.131. The minimum atomic E-state index is -0.249. The molecule has 0 saturated carbocycles. The molecule has 8 heteroatoms. The Morgan fingerprint density at radius 3 is 2.50 bits per heavy atom. The molecule has 2 heterocycles. The minimum Gasteiger partial charge on any atom is -0.368 e. The zero-order valence-electron chi connectivity index (χ0n) is 14.4. The van der Waals surface area contributed by atoms with Gasteiger partial charge in [0.1, 0.15) is 5.82 Å². The first-order valence-electron chi connectivity index (χ1n) is 8.59. The van der Waals surface area contributed by atoms with Gasteiger partial charge >= 0.3 is 0 Å². The van der Waals surface area contributed by atoms with Crippen LogP contribution in [0.5, 0.6) is 0 Å². The van der Waals surface area contributed by atoms with Crippen LogP contribution in [-0.2, 0) is 9.59 Å². The molecule has 1 N–H and O–H groups in total. The van der Waals surface area contributed by atoms with Crippen molar-refractivity contribution >= 4 is 34.0 Å². The van der Waals surface area contributed by atoms with E-state index in [0.717, 1.165) is 18.8 Å². The molecular weight excluding hydrogens is 355 g/mol. The van der Waals surface area contributed by atoms with E-state index in [-0.39, 0.29) is 17.6 Å². The SMILES string of the molecule is O=C(CCCC(=O)N1CCN(c2ccc(F)cc2)CC1)Nc1nccs1. The summed E-state index contributed by atoms with van der Waals surface area (Å²) in [6, 6.07) is 6.41. The van der Waals surface area contributed by atoms with Crippen LogP contribution in [0.2, 0.25) is 0 Å². The van der Waals surface area contributed by atoms with Crippen molar-refractivity contribution in [1.29, 1.82) is 0 Å². The summed E-state index contributed by atoms with van der Waals surface area (Å²) in [5, 5.41) is 5.09. The molecule has 2 aromatic rings. The van der Waals surface area contributed by atoms with Crippen LogP contribution in [0.4, 0.5) is 15.2 Å². The summed E-state index contributed by atoms with van der Waals surface area (Å²) in [6.45, 7) is 2.73. The van der Waals surface area contributed by atoms with E-state index in [1.165, 1.54) is 23.5 Å². The van der Waals surface area contributed by atoms with Crippen LogP contribution in [0.15, 0.2) is 35.8 Å². The van der Waals surface area contributed by atoms with Crippen molar-refractivity contribution in [2.75, 3.05) is 36.4 Å². The van der Waals surface area contributed by atoms with Crippen molar-refractivity contribution in [1.82, 2.24) is 9.88 Å². The molecule has 0 radical (unpaired) electrons. The second kappa shape index (κ2) is 8.75. The second-order valence-corrected chi connectivity index (χ2v) is 6.98. The first-order valence-corrected chi connectivity index (χ1v) is 9.47. The summed E-state index contributed by atoms with van der Waals surface area (Å²) < 4.78 is 13.0. The van der Waals surface area contributed by atoms with Crippen molar-refractivity contribution in [2.45, 2.75) is 19.3 Å². The van der Waals surface area contributed by atoms with Gasteiger partial charge in [0.25, 0.3) is 0 Å². The van der Waals surface area contributed by atoms with Crippen molar-refractivity contribution < 1.29 is 14.0 Å². The van der Waals surface area contributed by atoms with E-state index in [1.807, 2.05) is 4.90 Å². The highest BCUT2D eigenvalue weighted by molar-refractivity contribution is 7.13. The van der Waals surface area contributed by atoms with Crippen molar-refractivity contribution in [3.63, 3.8) is 0 Å². The Hall–Kier alpha value is -2.48. The molecule has 0 bridgehead atoms. The number of benzene rings is 1. The molecule has 1 saturated heterocycles. The van der Waals surface area contributed by atoms with Crippen LogP contribution in [0, 0.1) is 5.82 Å². The Balaban J connectivity index is 1.37. The number of hydrogen-bond acceptors (Lipinski definition) is 5. The minimum absolute atomic E-state index is 0.0748. The molecular formula is C18H21FN4O2S. The quantitative estimate of drug-likeness (QED) is 0.842. The molecule has 1 aromatic heterocycles. The summed E-state index contributed by atoms with van der Waals surface area (Å²) in [5.41, 5.74) is 0.970. The number of halogens is 1. The van der Waals surface area contributed by atoms with Gasteiger partial charge in [-0.05, 0) is 30.7 Å². The van der Waals surface area contributed by atoms with Crippen LogP contribution in [0.1, 0.15) is 19.3 Å². The molecule has 6 nitrogen and oxygen atoms in total. The van der Waals surface area contributed by atoms with Gasteiger partial charge in [0, 0.05) is 56.3 Å². The largest absolute Gasteiger partial charge is 0.368 e. The molecule has 0 aliphatic carbocycles. The highest BCUT2D eigenvalue weighted by Crippen LogP contribution is 2.17. The van der Waals surface area contributed by atoms with Crippen molar-refractivity contribution in [3.8, 4) is 0 Å². The molecule has 0 unspecified atom stereocenters. The third-order valence-corrected chi connectivity index (χ3v) is 4.99.